The quantitative estimate of drug-likeness (QED) is 0.821. The normalized spacial score (nSPS) is 16.2. The number of amides is 1. The Morgan fingerprint density at radius 1 is 1.25 bits per heavy atom. The smallest absolute Gasteiger partial charge is 0.251 e. The van der Waals surface area contributed by atoms with E-state index in [-0.39, 0.29) is 11.7 Å². The Morgan fingerprint density at radius 2 is 2.10 bits per heavy atom. The summed E-state index contributed by atoms with van der Waals surface area (Å²) >= 11 is 0. The van der Waals surface area contributed by atoms with Crippen LogP contribution < -0.4 is 10.6 Å². The van der Waals surface area contributed by atoms with E-state index in [0.29, 0.717) is 5.69 Å². The highest BCUT2D eigenvalue weighted by Crippen LogP contribution is 2.33. The molecule has 0 radical (unpaired) electrons. The number of hydrogen-bond acceptors (Lipinski definition) is 2. The van der Waals surface area contributed by atoms with Crippen molar-refractivity contribution in [2.75, 3.05) is 10.6 Å². The highest BCUT2D eigenvalue weighted by Gasteiger charge is 2.30. The second kappa shape index (κ2) is 4.71. The van der Waals surface area contributed by atoms with Crippen molar-refractivity contribution in [1.82, 2.24) is 0 Å². The molecule has 4 heteroatoms. The molecule has 0 saturated carbocycles. The van der Waals surface area contributed by atoms with E-state index in [1.165, 1.54) is 12.1 Å². The summed E-state index contributed by atoms with van der Waals surface area (Å²) in [4.78, 5) is 12.0. The number of halogens is 1. The molecule has 3 nitrogen and oxygen atoms in total. The number of carbonyl (C=O) groups excluding carboxylic acids is 1. The fourth-order valence-electron chi connectivity index (χ4n) is 2.24. The fourth-order valence-corrected chi connectivity index (χ4v) is 2.24. The van der Waals surface area contributed by atoms with Crippen molar-refractivity contribution in [3.63, 3.8) is 0 Å². The van der Waals surface area contributed by atoms with E-state index >= 15 is 0 Å². The monoisotopic (exact) mass is 266 g/mol. The van der Waals surface area contributed by atoms with Gasteiger partial charge in [0.05, 0.1) is 0 Å². The van der Waals surface area contributed by atoms with E-state index in [9.17, 15) is 9.18 Å². The highest BCUT2D eigenvalue weighted by atomic mass is 19.1. The average molecular weight is 266 g/mol. The maximum atomic E-state index is 13.1. The molecule has 1 aliphatic heterocycles. The first kappa shape index (κ1) is 12.2. The minimum Gasteiger partial charge on any atom is -0.370 e. The Balaban J connectivity index is 1.92. The van der Waals surface area contributed by atoms with Gasteiger partial charge in [0.1, 0.15) is 11.9 Å². The van der Waals surface area contributed by atoms with Crippen LogP contribution in [-0.2, 0) is 4.79 Å². The molecule has 2 N–H and O–H groups in total. The third-order valence-corrected chi connectivity index (χ3v) is 3.19. The summed E-state index contributed by atoms with van der Waals surface area (Å²) in [6.07, 6.45) is 5.35. The van der Waals surface area contributed by atoms with Gasteiger partial charge in [0, 0.05) is 22.5 Å². The summed E-state index contributed by atoms with van der Waals surface area (Å²) in [5.41, 5.74) is 2.70. The summed E-state index contributed by atoms with van der Waals surface area (Å²) < 4.78 is 13.1. The zero-order chi connectivity index (χ0) is 14.1. The van der Waals surface area contributed by atoms with Crippen LogP contribution in [0.4, 0.5) is 15.8 Å². The maximum absolute atomic E-state index is 13.1. The molecular weight excluding hydrogens is 255 g/mol. The zero-order valence-corrected chi connectivity index (χ0v) is 10.5. The van der Waals surface area contributed by atoms with Crippen molar-refractivity contribution in [1.29, 1.82) is 0 Å². The predicted molar refractivity (Wildman–Crippen MR) is 75.8 cm³/mol. The van der Waals surface area contributed by atoms with E-state index in [0.717, 1.165) is 16.8 Å². The Kier molecular flexibility index (Phi) is 2.88. The van der Waals surface area contributed by atoms with Gasteiger partial charge in [0.15, 0.2) is 0 Å². The van der Waals surface area contributed by atoms with Crippen molar-refractivity contribution < 1.29 is 9.18 Å². The molecule has 0 aromatic heterocycles. The molecular formula is C16H11FN2O. The number of nitrogens with one attached hydrogen (secondary N) is 2. The van der Waals surface area contributed by atoms with Crippen LogP contribution in [-0.4, -0.2) is 5.91 Å². The van der Waals surface area contributed by atoms with Crippen LogP contribution in [0.15, 0.2) is 42.5 Å². The van der Waals surface area contributed by atoms with Gasteiger partial charge in [-0.15, -0.1) is 6.42 Å². The topological polar surface area (TPSA) is 41.1 Å². The largest absolute Gasteiger partial charge is 0.370 e. The van der Waals surface area contributed by atoms with Crippen LogP contribution in [0.3, 0.4) is 0 Å². The minimum atomic E-state index is -0.543. The summed E-state index contributed by atoms with van der Waals surface area (Å²) in [5.74, 6) is 1.95. The van der Waals surface area contributed by atoms with Crippen LogP contribution >= 0.6 is 0 Å². The molecule has 20 heavy (non-hydrogen) atoms. The molecule has 0 spiro atoms. The van der Waals surface area contributed by atoms with Gasteiger partial charge in [0.25, 0.3) is 5.91 Å². The molecule has 1 amide bonds. The standard InChI is InChI=1S/C16H11FN2O/c1-2-10-4-3-5-12(8-10)18-15-13-7-6-11(17)9-14(13)19-16(15)20/h1,3-9,15,18H,(H,19,20). The van der Waals surface area contributed by atoms with Crippen LogP contribution in [0.25, 0.3) is 0 Å². The minimum absolute atomic E-state index is 0.211. The van der Waals surface area contributed by atoms with E-state index in [1.54, 1.807) is 12.1 Å². The van der Waals surface area contributed by atoms with Crippen LogP contribution in [0.5, 0.6) is 0 Å². The lowest BCUT2D eigenvalue weighted by Crippen LogP contribution is -2.19. The first-order valence-corrected chi connectivity index (χ1v) is 6.11. The van der Waals surface area contributed by atoms with Crippen molar-refractivity contribution in [2.24, 2.45) is 0 Å². The number of hydrogen-bond donors (Lipinski definition) is 2. The highest BCUT2D eigenvalue weighted by molar-refractivity contribution is 6.04. The lowest BCUT2D eigenvalue weighted by atomic mass is 10.1. The number of fused-ring (bicyclic) bond motifs is 1. The van der Waals surface area contributed by atoms with Crippen LogP contribution in [0, 0.1) is 18.2 Å². The molecule has 1 heterocycles. The average Bonchev–Trinajstić information content (AvgIpc) is 2.74. The molecule has 2 aromatic carbocycles. The van der Waals surface area contributed by atoms with Gasteiger partial charge in [-0.3, -0.25) is 4.79 Å². The molecule has 0 fully saturated rings. The predicted octanol–water partition coefficient (Wildman–Crippen LogP) is 2.91. The van der Waals surface area contributed by atoms with E-state index in [2.05, 4.69) is 16.6 Å². The Hall–Kier alpha value is -2.80. The van der Waals surface area contributed by atoms with Crippen molar-refractivity contribution in [3.8, 4) is 12.3 Å². The zero-order valence-electron chi connectivity index (χ0n) is 10.5. The van der Waals surface area contributed by atoms with E-state index in [1.807, 2.05) is 18.2 Å². The van der Waals surface area contributed by atoms with Gasteiger partial charge in [-0.05, 0) is 30.3 Å². The van der Waals surface area contributed by atoms with Crippen molar-refractivity contribution in [3.05, 3.63) is 59.4 Å². The number of carbonyl (C=O) groups is 1. The number of benzene rings is 2. The molecule has 3 rings (SSSR count). The Bertz CT molecular complexity index is 733. The van der Waals surface area contributed by atoms with Gasteiger partial charge in [-0.1, -0.05) is 18.1 Å². The molecule has 2 aromatic rings. The summed E-state index contributed by atoms with van der Waals surface area (Å²) in [7, 11) is 0. The molecule has 0 bridgehead atoms. The number of terminal acetylenes is 1. The molecule has 1 aliphatic rings. The fraction of sp³-hybridized carbons (Fsp3) is 0.0625. The second-order valence-electron chi connectivity index (χ2n) is 4.52. The second-order valence-corrected chi connectivity index (χ2v) is 4.52. The van der Waals surface area contributed by atoms with Crippen molar-refractivity contribution >= 4 is 17.3 Å². The molecule has 0 aliphatic carbocycles. The third kappa shape index (κ3) is 2.10. The van der Waals surface area contributed by atoms with Gasteiger partial charge < -0.3 is 10.6 Å². The van der Waals surface area contributed by atoms with Crippen molar-refractivity contribution in [2.45, 2.75) is 6.04 Å². The molecule has 1 unspecified atom stereocenters. The first-order valence-electron chi connectivity index (χ1n) is 6.11. The lowest BCUT2D eigenvalue weighted by Gasteiger charge is -2.13. The molecule has 1 atom stereocenters. The van der Waals surface area contributed by atoms with E-state index < -0.39 is 6.04 Å². The Morgan fingerprint density at radius 3 is 2.90 bits per heavy atom. The lowest BCUT2D eigenvalue weighted by molar-refractivity contribution is -0.116. The van der Waals surface area contributed by atoms with E-state index in [4.69, 9.17) is 6.42 Å². The third-order valence-electron chi connectivity index (χ3n) is 3.19. The molecule has 0 saturated heterocycles. The van der Waals surface area contributed by atoms with Gasteiger partial charge in [0.2, 0.25) is 0 Å². The van der Waals surface area contributed by atoms with Gasteiger partial charge >= 0.3 is 0 Å². The van der Waals surface area contributed by atoms with Crippen LogP contribution in [0.2, 0.25) is 0 Å². The number of rotatable bonds is 2. The van der Waals surface area contributed by atoms with Crippen LogP contribution in [0.1, 0.15) is 17.2 Å². The Labute approximate surface area is 115 Å². The van der Waals surface area contributed by atoms with Gasteiger partial charge in [-0.25, -0.2) is 4.39 Å². The molecule has 98 valence electrons. The summed E-state index contributed by atoms with van der Waals surface area (Å²) in [6.45, 7) is 0. The summed E-state index contributed by atoms with van der Waals surface area (Å²) in [5, 5.41) is 5.77. The first-order chi connectivity index (χ1) is 9.67. The summed E-state index contributed by atoms with van der Waals surface area (Å²) in [6, 6.07) is 11.0. The van der Waals surface area contributed by atoms with Gasteiger partial charge in [-0.2, -0.15) is 0 Å². The maximum Gasteiger partial charge on any atom is 0.251 e. The number of anilines is 2. The SMILES string of the molecule is C#Cc1cccc(NC2C(=O)Nc3cc(F)ccc32)c1.